The van der Waals surface area contributed by atoms with E-state index in [1.165, 1.54) is 6.20 Å². The Balaban J connectivity index is 2.08. The van der Waals surface area contributed by atoms with Crippen LogP contribution in [0.3, 0.4) is 0 Å². The molecule has 4 N–H and O–H groups in total. The number of H-pyrrole nitrogens is 1. The number of rotatable bonds is 7. The lowest BCUT2D eigenvalue weighted by atomic mass is 10.1. The van der Waals surface area contributed by atoms with Gasteiger partial charge in [0.1, 0.15) is 5.75 Å². The average molecular weight is 288 g/mol. The lowest BCUT2D eigenvalue weighted by Gasteiger charge is -2.06. The predicted octanol–water partition coefficient (Wildman–Crippen LogP) is 1.55. The van der Waals surface area contributed by atoms with Crippen LogP contribution >= 0.6 is 0 Å². The van der Waals surface area contributed by atoms with E-state index in [1.54, 1.807) is 7.11 Å². The number of benzene rings is 1. The molecule has 1 aromatic heterocycles. The third-order valence-corrected chi connectivity index (χ3v) is 3.18. The Bertz CT molecular complexity index is 578. The summed E-state index contributed by atoms with van der Waals surface area (Å²) in [5, 5.41) is 9.71. The van der Waals surface area contributed by atoms with Crippen molar-refractivity contribution in [1.29, 1.82) is 0 Å². The molecule has 6 heteroatoms. The fraction of sp³-hybridized carbons (Fsp3) is 0.333. The van der Waals surface area contributed by atoms with Gasteiger partial charge in [-0.3, -0.25) is 9.89 Å². The largest absolute Gasteiger partial charge is 0.497 e. The van der Waals surface area contributed by atoms with Crippen molar-refractivity contribution in [2.45, 2.75) is 12.8 Å². The van der Waals surface area contributed by atoms with Crippen LogP contribution in [0.2, 0.25) is 0 Å². The van der Waals surface area contributed by atoms with Crippen molar-refractivity contribution in [2.75, 3.05) is 20.2 Å². The van der Waals surface area contributed by atoms with Crippen LogP contribution in [0.4, 0.5) is 0 Å². The minimum absolute atomic E-state index is 0.133. The lowest BCUT2D eigenvalue weighted by Crippen LogP contribution is -2.25. The molecular formula is C15H20N4O2. The summed E-state index contributed by atoms with van der Waals surface area (Å²) in [7, 11) is 1.62. The third-order valence-electron chi connectivity index (χ3n) is 3.18. The van der Waals surface area contributed by atoms with E-state index in [-0.39, 0.29) is 5.91 Å². The third kappa shape index (κ3) is 3.82. The Morgan fingerprint density at radius 1 is 1.33 bits per heavy atom. The average Bonchev–Trinajstić information content (AvgIpc) is 3.01. The van der Waals surface area contributed by atoms with Gasteiger partial charge in [-0.25, -0.2) is 0 Å². The highest BCUT2D eigenvalue weighted by Crippen LogP contribution is 2.23. The van der Waals surface area contributed by atoms with Crippen LogP contribution in [0.5, 0.6) is 5.75 Å². The highest BCUT2D eigenvalue weighted by Gasteiger charge is 2.14. The molecular weight excluding hydrogens is 268 g/mol. The smallest absolute Gasteiger partial charge is 0.255 e. The van der Waals surface area contributed by atoms with E-state index in [9.17, 15) is 4.79 Å². The molecule has 1 aromatic carbocycles. The summed E-state index contributed by atoms with van der Waals surface area (Å²) in [6, 6.07) is 7.47. The molecule has 0 atom stereocenters. The molecule has 2 aromatic rings. The molecule has 0 bridgehead atoms. The number of nitrogens with zero attached hydrogens (tertiary/aromatic N) is 1. The Kier molecular flexibility index (Phi) is 5.34. The Hall–Kier alpha value is -2.34. The topological polar surface area (TPSA) is 93.0 Å². The van der Waals surface area contributed by atoms with E-state index in [0.29, 0.717) is 24.3 Å². The highest BCUT2D eigenvalue weighted by atomic mass is 16.5. The number of hydrogen-bond acceptors (Lipinski definition) is 4. The molecule has 2 rings (SSSR count). The van der Waals surface area contributed by atoms with Gasteiger partial charge in [-0.1, -0.05) is 0 Å². The monoisotopic (exact) mass is 288 g/mol. The number of nitrogens with two attached hydrogens (primary N) is 1. The number of amides is 1. The van der Waals surface area contributed by atoms with Gasteiger partial charge in [-0.15, -0.1) is 0 Å². The molecule has 0 saturated carbocycles. The van der Waals surface area contributed by atoms with Crippen LogP contribution in [0.1, 0.15) is 23.2 Å². The SMILES string of the molecule is COc1ccc(-c2[nH]ncc2C(=O)NCCCCN)cc1. The maximum absolute atomic E-state index is 12.2. The second-order valence-electron chi connectivity index (χ2n) is 4.64. The second kappa shape index (κ2) is 7.44. The van der Waals surface area contributed by atoms with Gasteiger partial charge in [-0.05, 0) is 43.7 Å². The predicted molar refractivity (Wildman–Crippen MR) is 81.2 cm³/mol. The molecule has 0 aliphatic rings. The summed E-state index contributed by atoms with van der Waals surface area (Å²) in [4.78, 5) is 12.2. The molecule has 6 nitrogen and oxygen atoms in total. The molecule has 112 valence electrons. The molecule has 0 aliphatic heterocycles. The molecule has 1 amide bonds. The number of carbonyl (C=O) groups excluding carboxylic acids is 1. The van der Waals surface area contributed by atoms with Gasteiger partial charge in [0, 0.05) is 12.1 Å². The number of ether oxygens (including phenoxy) is 1. The number of carbonyl (C=O) groups is 1. The minimum atomic E-state index is -0.133. The Morgan fingerprint density at radius 3 is 2.76 bits per heavy atom. The molecule has 0 radical (unpaired) electrons. The molecule has 0 saturated heterocycles. The standard InChI is InChI=1S/C15H20N4O2/c1-21-12-6-4-11(5-7-12)14-13(10-18-19-14)15(20)17-9-3-2-8-16/h4-7,10H,2-3,8-9,16H2,1H3,(H,17,20)(H,18,19). The molecule has 0 aliphatic carbocycles. The number of unbranched alkanes of at least 4 members (excludes halogenated alkanes) is 1. The summed E-state index contributed by atoms with van der Waals surface area (Å²) < 4.78 is 5.12. The zero-order valence-electron chi connectivity index (χ0n) is 12.1. The molecule has 1 heterocycles. The van der Waals surface area contributed by atoms with Crippen molar-refractivity contribution in [3.63, 3.8) is 0 Å². The van der Waals surface area contributed by atoms with Crippen molar-refractivity contribution < 1.29 is 9.53 Å². The van der Waals surface area contributed by atoms with E-state index in [0.717, 1.165) is 24.2 Å². The van der Waals surface area contributed by atoms with E-state index in [1.807, 2.05) is 24.3 Å². The van der Waals surface area contributed by atoms with Gasteiger partial charge >= 0.3 is 0 Å². The van der Waals surface area contributed by atoms with Gasteiger partial charge in [0.05, 0.1) is 24.6 Å². The fourth-order valence-corrected chi connectivity index (χ4v) is 2.00. The zero-order chi connectivity index (χ0) is 15.1. The Morgan fingerprint density at radius 2 is 2.10 bits per heavy atom. The van der Waals surface area contributed by atoms with Gasteiger partial charge in [0.15, 0.2) is 0 Å². The molecule has 0 unspecified atom stereocenters. The van der Waals surface area contributed by atoms with Gasteiger partial charge in [0.2, 0.25) is 0 Å². The van der Waals surface area contributed by atoms with Crippen molar-refractivity contribution in [2.24, 2.45) is 5.73 Å². The lowest BCUT2D eigenvalue weighted by molar-refractivity contribution is 0.0954. The van der Waals surface area contributed by atoms with Crippen LogP contribution in [0.15, 0.2) is 30.5 Å². The van der Waals surface area contributed by atoms with E-state index >= 15 is 0 Å². The summed E-state index contributed by atoms with van der Waals surface area (Å²) in [6.45, 7) is 1.25. The first kappa shape index (κ1) is 15.1. The van der Waals surface area contributed by atoms with Crippen molar-refractivity contribution in [3.8, 4) is 17.0 Å². The van der Waals surface area contributed by atoms with Gasteiger partial charge < -0.3 is 15.8 Å². The summed E-state index contributed by atoms with van der Waals surface area (Å²) in [6.07, 6.45) is 3.31. The van der Waals surface area contributed by atoms with Crippen LogP contribution in [-0.4, -0.2) is 36.3 Å². The number of hydrogen-bond donors (Lipinski definition) is 3. The van der Waals surface area contributed by atoms with Gasteiger partial charge in [-0.2, -0.15) is 5.10 Å². The quantitative estimate of drug-likeness (QED) is 0.674. The first-order valence-electron chi connectivity index (χ1n) is 6.92. The van der Waals surface area contributed by atoms with Crippen molar-refractivity contribution in [1.82, 2.24) is 15.5 Å². The van der Waals surface area contributed by atoms with Crippen molar-refractivity contribution in [3.05, 3.63) is 36.0 Å². The number of aromatic amines is 1. The minimum Gasteiger partial charge on any atom is -0.497 e. The maximum atomic E-state index is 12.2. The van der Waals surface area contributed by atoms with E-state index < -0.39 is 0 Å². The summed E-state index contributed by atoms with van der Waals surface area (Å²) >= 11 is 0. The zero-order valence-corrected chi connectivity index (χ0v) is 12.1. The van der Waals surface area contributed by atoms with Crippen LogP contribution < -0.4 is 15.8 Å². The Labute approximate surface area is 123 Å². The first-order valence-corrected chi connectivity index (χ1v) is 6.92. The number of nitrogens with one attached hydrogen (secondary N) is 2. The summed E-state index contributed by atoms with van der Waals surface area (Å²) in [5.74, 6) is 0.637. The summed E-state index contributed by atoms with van der Waals surface area (Å²) in [5.41, 5.74) is 7.55. The first-order chi connectivity index (χ1) is 10.3. The molecule has 0 spiro atoms. The molecule has 0 fully saturated rings. The van der Waals surface area contributed by atoms with Gasteiger partial charge in [0.25, 0.3) is 5.91 Å². The van der Waals surface area contributed by atoms with Crippen molar-refractivity contribution >= 4 is 5.91 Å². The molecule has 21 heavy (non-hydrogen) atoms. The normalized spacial score (nSPS) is 10.4. The second-order valence-corrected chi connectivity index (χ2v) is 4.64. The van der Waals surface area contributed by atoms with E-state index in [4.69, 9.17) is 10.5 Å². The van der Waals surface area contributed by atoms with E-state index in [2.05, 4.69) is 15.5 Å². The number of aromatic nitrogens is 2. The van der Waals surface area contributed by atoms with Crippen LogP contribution in [0.25, 0.3) is 11.3 Å². The fourth-order valence-electron chi connectivity index (χ4n) is 2.00. The van der Waals surface area contributed by atoms with Crippen LogP contribution in [-0.2, 0) is 0 Å². The van der Waals surface area contributed by atoms with Crippen LogP contribution in [0, 0.1) is 0 Å². The highest BCUT2D eigenvalue weighted by molar-refractivity contribution is 5.99. The number of methoxy groups -OCH3 is 1. The maximum Gasteiger partial charge on any atom is 0.255 e.